The molecule has 1 aliphatic heterocycles. The first-order valence-electron chi connectivity index (χ1n) is 7.63. The van der Waals surface area contributed by atoms with Gasteiger partial charge >= 0.3 is 0 Å². The molecule has 23 heavy (non-hydrogen) atoms. The van der Waals surface area contributed by atoms with Gasteiger partial charge in [0, 0.05) is 12.2 Å². The van der Waals surface area contributed by atoms with Gasteiger partial charge in [0.25, 0.3) is 5.91 Å². The molecule has 1 saturated carbocycles. The minimum Gasteiger partial charge on any atom is -0.362 e. The van der Waals surface area contributed by atoms with Crippen molar-refractivity contribution in [3.63, 3.8) is 0 Å². The normalized spacial score (nSPS) is 24.6. The van der Waals surface area contributed by atoms with Crippen LogP contribution in [-0.2, 0) is 16.0 Å². The number of carbonyl (C=O) groups excluding carboxylic acids is 2. The molecule has 2 amide bonds. The Balaban J connectivity index is 1.54. The van der Waals surface area contributed by atoms with Crippen LogP contribution in [0, 0.1) is 5.41 Å². The van der Waals surface area contributed by atoms with Crippen molar-refractivity contribution >= 4 is 40.7 Å². The Morgan fingerprint density at radius 1 is 1.26 bits per heavy atom. The van der Waals surface area contributed by atoms with E-state index in [-0.39, 0.29) is 18.4 Å². The zero-order chi connectivity index (χ0) is 16.7. The van der Waals surface area contributed by atoms with Crippen LogP contribution in [0.1, 0.15) is 25.3 Å². The fourth-order valence-corrected chi connectivity index (χ4v) is 3.61. The molecule has 2 N–H and O–H groups in total. The lowest BCUT2D eigenvalue weighted by Crippen LogP contribution is -2.49. The van der Waals surface area contributed by atoms with Crippen LogP contribution in [0.4, 0.5) is 5.69 Å². The number of nitrogens with zero attached hydrogens (tertiary/aromatic N) is 1. The van der Waals surface area contributed by atoms with Crippen molar-refractivity contribution in [3.8, 4) is 0 Å². The highest BCUT2D eigenvalue weighted by molar-refractivity contribution is 6.53. The zero-order valence-corrected chi connectivity index (χ0v) is 14.4. The molecule has 0 radical (unpaired) electrons. The van der Waals surface area contributed by atoms with Crippen LogP contribution >= 0.6 is 23.2 Å². The number of aryl methyl sites for hydroxylation is 1. The number of hydrogen-bond acceptors (Lipinski definition) is 3. The summed E-state index contributed by atoms with van der Waals surface area (Å²) in [5, 5.41) is 0. The predicted molar refractivity (Wildman–Crippen MR) is 90.4 cm³/mol. The number of hydrogen-bond donors (Lipinski definition) is 2. The van der Waals surface area contributed by atoms with Gasteiger partial charge in [0.15, 0.2) is 0 Å². The molecule has 1 atom stereocenters. The molecule has 7 heteroatoms. The molecule has 5 nitrogen and oxygen atoms in total. The van der Waals surface area contributed by atoms with Gasteiger partial charge in [-0.2, -0.15) is 0 Å². The highest BCUT2D eigenvalue weighted by Crippen LogP contribution is 2.63. The topological polar surface area (TPSA) is 61.4 Å². The average molecular weight is 356 g/mol. The van der Waals surface area contributed by atoms with Crippen LogP contribution < -0.4 is 15.8 Å². The summed E-state index contributed by atoms with van der Waals surface area (Å²) in [5.41, 5.74) is 6.35. The second-order valence-corrected chi connectivity index (χ2v) is 7.85. The Kier molecular flexibility index (Phi) is 4.19. The Bertz CT molecular complexity index is 650. The number of fused-ring (bicyclic) bond motifs is 1. The van der Waals surface area contributed by atoms with Crippen LogP contribution in [0.15, 0.2) is 24.3 Å². The molecule has 0 spiro atoms. The van der Waals surface area contributed by atoms with E-state index in [0.717, 1.165) is 25.1 Å². The summed E-state index contributed by atoms with van der Waals surface area (Å²) < 4.78 is -1.05. The van der Waals surface area contributed by atoms with E-state index in [0.29, 0.717) is 6.42 Å². The molecule has 1 aromatic rings. The van der Waals surface area contributed by atoms with E-state index in [1.165, 1.54) is 5.56 Å². The molecule has 0 aromatic heterocycles. The van der Waals surface area contributed by atoms with Crippen LogP contribution in [0.3, 0.4) is 0 Å². The fourth-order valence-electron chi connectivity index (χ4n) is 2.90. The number of alkyl halides is 2. The molecule has 1 fully saturated rings. The van der Waals surface area contributed by atoms with Gasteiger partial charge in [0.1, 0.15) is 4.33 Å². The molecule has 0 unspecified atom stereocenters. The lowest BCUT2D eigenvalue weighted by Gasteiger charge is -2.30. The quantitative estimate of drug-likeness (QED) is 0.645. The zero-order valence-electron chi connectivity index (χ0n) is 12.9. The van der Waals surface area contributed by atoms with Crippen LogP contribution in [0.5, 0.6) is 0 Å². The van der Waals surface area contributed by atoms with Crippen LogP contribution in [0.25, 0.3) is 0 Å². The second kappa shape index (κ2) is 5.87. The number of amides is 2. The highest BCUT2D eigenvalue weighted by atomic mass is 35.5. The van der Waals surface area contributed by atoms with E-state index in [2.05, 4.69) is 16.9 Å². The monoisotopic (exact) mass is 355 g/mol. The molecule has 0 saturated heterocycles. The summed E-state index contributed by atoms with van der Waals surface area (Å²) in [6, 6.07) is 8.06. The van der Waals surface area contributed by atoms with E-state index in [9.17, 15) is 9.59 Å². The SMILES string of the molecule is C[C@@]1(C(=O)NNC(=O)CN2CCCc3ccccc32)CC1(Cl)Cl. The van der Waals surface area contributed by atoms with Crippen LogP contribution in [0.2, 0.25) is 0 Å². The number of nitrogens with one attached hydrogen (secondary N) is 2. The maximum atomic E-state index is 12.1. The summed E-state index contributed by atoms with van der Waals surface area (Å²) in [7, 11) is 0. The third-order valence-corrected chi connectivity index (χ3v) is 5.72. The predicted octanol–water partition coefficient (Wildman–Crippen LogP) is 2.17. The molecule has 124 valence electrons. The van der Waals surface area contributed by atoms with Gasteiger partial charge in [0.2, 0.25) is 5.91 Å². The lowest BCUT2D eigenvalue weighted by atomic mass is 10.0. The summed E-state index contributed by atoms with van der Waals surface area (Å²) in [6.07, 6.45) is 2.41. The minimum atomic E-state index is -1.05. The molecule has 2 aliphatic rings. The molecule has 3 rings (SSSR count). The number of hydrazine groups is 1. The highest BCUT2D eigenvalue weighted by Gasteiger charge is 2.68. The molecule has 0 bridgehead atoms. The maximum Gasteiger partial charge on any atom is 0.257 e. The van der Waals surface area contributed by atoms with Gasteiger partial charge in [-0.15, -0.1) is 23.2 Å². The molecule has 1 aliphatic carbocycles. The van der Waals surface area contributed by atoms with Crippen molar-refractivity contribution in [2.45, 2.75) is 30.5 Å². The Labute approximate surface area is 145 Å². The van der Waals surface area contributed by atoms with Crippen molar-refractivity contribution in [3.05, 3.63) is 29.8 Å². The van der Waals surface area contributed by atoms with E-state index >= 15 is 0 Å². The molecular formula is C16H19Cl2N3O2. The largest absolute Gasteiger partial charge is 0.362 e. The summed E-state index contributed by atoms with van der Waals surface area (Å²) in [4.78, 5) is 26.2. The van der Waals surface area contributed by atoms with E-state index in [1.54, 1.807) is 6.92 Å². The Morgan fingerprint density at radius 2 is 1.96 bits per heavy atom. The first-order chi connectivity index (χ1) is 10.8. The molecule has 1 heterocycles. The third kappa shape index (κ3) is 3.12. The van der Waals surface area contributed by atoms with Crippen LogP contribution in [-0.4, -0.2) is 29.2 Å². The second-order valence-electron chi connectivity index (χ2n) is 6.37. The number of halogens is 2. The van der Waals surface area contributed by atoms with Gasteiger partial charge in [-0.1, -0.05) is 18.2 Å². The first-order valence-corrected chi connectivity index (χ1v) is 8.39. The fraction of sp³-hybridized carbons (Fsp3) is 0.500. The van der Waals surface area contributed by atoms with Crippen molar-refractivity contribution in [1.82, 2.24) is 10.9 Å². The standard InChI is InChI=1S/C16H19Cl2N3O2/c1-15(10-16(15,17)18)14(23)20-19-13(22)9-21-8-4-6-11-5-2-3-7-12(11)21/h2-3,5,7H,4,6,8-10H2,1H3,(H,19,22)(H,20,23)/t15-/m0/s1. The van der Waals surface area contributed by atoms with Crippen molar-refractivity contribution in [2.75, 3.05) is 18.0 Å². The lowest BCUT2D eigenvalue weighted by molar-refractivity contribution is -0.131. The molecule has 1 aromatic carbocycles. The third-order valence-electron chi connectivity index (χ3n) is 4.62. The Morgan fingerprint density at radius 3 is 2.65 bits per heavy atom. The summed E-state index contributed by atoms with van der Waals surface area (Å²) in [5.74, 6) is -0.635. The van der Waals surface area contributed by atoms with Gasteiger partial charge in [0.05, 0.1) is 12.0 Å². The number of carbonyl (C=O) groups is 2. The van der Waals surface area contributed by atoms with Crippen molar-refractivity contribution in [2.24, 2.45) is 5.41 Å². The Hall–Kier alpha value is -1.46. The van der Waals surface area contributed by atoms with Gasteiger partial charge in [-0.3, -0.25) is 20.4 Å². The summed E-state index contributed by atoms with van der Waals surface area (Å²) in [6.45, 7) is 2.69. The van der Waals surface area contributed by atoms with Gasteiger partial charge in [-0.05, 0) is 37.8 Å². The average Bonchev–Trinajstić information content (AvgIpc) is 3.05. The number of anilines is 1. The molecular weight excluding hydrogens is 337 g/mol. The van der Waals surface area contributed by atoms with E-state index < -0.39 is 9.75 Å². The van der Waals surface area contributed by atoms with Gasteiger partial charge < -0.3 is 4.90 Å². The van der Waals surface area contributed by atoms with Gasteiger partial charge in [-0.25, -0.2) is 0 Å². The number of benzene rings is 1. The first kappa shape index (κ1) is 16.4. The smallest absolute Gasteiger partial charge is 0.257 e. The van der Waals surface area contributed by atoms with Crippen molar-refractivity contribution in [1.29, 1.82) is 0 Å². The number of rotatable bonds is 3. The maximum absolute atomic E-state index is 12.1. The summed E-state index contributed by atoms with van der Waals surface area (Å²) >= 11 is 11.9. The van der Waals surface area contributed by atoms with Crippen molar-refractivity contribution < 1.29 is 9.59 Å². The van der Waals surface area contributed by atoms with E-state index in [4.69, 9.17) is 23.2 Å². The number of para-hydroxylation sites is 1. The van der Waals surface area contributed by atoms with E-state index in [1.807, 2.05) is 23.1 Å². The minimum absolute atomic E-state index is 0.195.